The Morgan fingerprint density at radius 3 is 2.33 bits per heavy atom. The zero-order chi connectivity index (χ0) is 23.1. The second-order valence-electron chi connectivity index (χ2n) is 6.20. The van der Waals surface area contributed by atoms with Crippen molar-refractivity contribution in [3.8, 4) is 0 Å². The molecule has 1 heterocycles. The third kappa shape index (κ3) is 8.91. The van der Waals surface area contributed by atoms with Gasteiger partial charge in [0.1, 0.15) is 53.0 Å². The first-order chi connectivity index (χ1) is 13.9. The van der Waals surface area contributed by atoms with Crippen molar-refractivity contribution in [2.75, 3.05) is 34.1 Å². The Labute approximate surface area is 175 Å². The van der Waals surface area contributed by atoms with Crippen molar-refractivity contribution in [2.45, 2.75) is 49.5 Å². The Morgan fingerprint density at radius 1 is 1.20 bits per heavy atom. The van der Waals surface area contributed by atoms with Crippen LogP contribution in [0.5, 0.6) is 0 Å². The Kier molecular flexibility index (Phi) is 11.6. The molecule has 0 saturated carbocycles. The van der Waals surface area contributed by atoms with Gasteiger partial charge in [0.05, 0.1) is 19.2 Å². The van der Waals surface area contributed by atoms with Gasteiger partial charge in [-0.15, -0.1) is 0 Å². The monoisotopic (exact) mass is 478 g/mol. The van der Waals surface area contributed by atoms with E-state index in [0.29, 0.717) is 0 Å². The molecule has 0 aromatic rings. The van der Waals surface area contributed by atoms with Crippen LogP contribution in [0, 0.1) is 0 Å². The van der Waals surface area contributed by atoms with Crippen molar-refractivity contribution in [2.24, 2.45) is 0 Å². The first-order valence-electron chi connectivity index (χ1n) is 8.59. The minimum Gasteiger partial charge on any atom is -0.382 e. The molecule has 0 aliphatic carbocycles. The quantitative estimate of drug-likeness (QED) is 0.265. The van der Waals surface area contributed by atoms with Crippen LogP contribution in [0.3, 0.4) is 0 Å². The Balaban J connectivity index is 2.85. The van der Waals surface area contributed by atoms with Crippen LogP contribution in [0.2, 0.25) is 0 Å². The summed E-state index contributed by atoms with van der Waals surface area (Å²) in [7, 11) is 3.42. The summed E-state index contributed by atoms with van der Waals surface area (Å²) in [4.78, 5) is 19.3. The smallest absolute Gasteiger partial charge is 0.382 e. The lowest BCUT2D eigenvalue weighted by molar-refractivity contribution is -0.0785. The summed E-state index contributed by atoms with van der Waals surface area (Å²) >= 11 is 0. The van der Waals surface area contributed by atoms with Gasteiger partial charge in [0, 0.05) is 20.2 Å². The van der Waals surface area contributed by atoms with Gasteiger partial charge < -0.3 is 24.0 Å². The summed E-state index contributed by atoms with van der Waals surface area (Å²) in [6.07, 6.45) is -7.95. The van der Waals surface area contributed by atoms with E-state index in [0.717, 1.165) is 7.11 Å². The van der Waals surface area contributed by atoms with Gasteiger partial charge in [-0.25, -0.2) is 17.9 Å². The molecular formula is C13H24B2F2O11P2. The molecule has 6 unspecified atom stereocenters. The van der Waals surface area contributed by atoms with Gasteiger partial charge in [-0.2, -0.15) is 0 Å². The van der Waals surface area contributed by atoms with Crippen molar-refractivity contribution in [3.05, 3.63) is 0 Å². The third-order valence-corrected chi connectivity index (χ3v) is 5.75. The normalized spacial score (nSPS) is 31.6. The van der Waals surface area contributed by atoms with Crippen molar-refractivity contribution < 1.29 is 60.0 Å². The highest BCUT2D eigenvalue weighted by Crippen LogP contribution is 2.49. The molecule has 1 fully saturated rings. The van der Waals surface area contributed by atoms with Crippen LogP contribution in [0.1, 0.15) is 6.92 Å². The van der Waals surface area contributed by atoms with Crippen LogP contribution in [-0.2, 0) is 41.4 Å². The number of hydrogen-bond donors (Lipinski definition) is 2. The number of ether oxygens (including phenoxy) is 3. The Morgan fingerprint density at radius 2 is 1.83 bits per heavy atom. The number of phosphoric ester groups is 2. The summed E-state index contributed by atoms with van der Waals surface area (Å²) in [5, 5.41) is 0. The molecule has 9 atom stereocenters. The predicted molar refractivity (Wildman–Crippen MR) is 99.6 cm³/mol. The number of phosphoric acid groups is 2. The highest BCUT2D eigenvalue weighted by Gasteiger charge is 2.47. The molecule has 30 heavy (non-hydrogen) atoms. The third-order valence-electron chi connectivity index (χ3n) is 3.77. The SMILES string of the molecule is [B][C@@H]1OC(COC)[C@H](OP(=O)(O)OCC(O[C@@H]([B])C)C(CF)OP(=O)(O)OC)C1F. The van der Waals surface area contributed by atoms with Crippen molar-refractivity contribution in [1.29, 1.82) is 0 Å². The van der Waals surface area contributed by atoms with E-state index >= 15 is 0 Å². The number of halogens is 2. The maximum absolute atomic E-state index is 14.2. The van der Waals surface area contributed by atoms with Crippen LogP contribution >= 0.6 is 15.6 Å². The molecule has 1 aliphatic rings. The maximum Gasteiger partial charge on any atom is 0.472 e. The van der Waals surface area contributed by atoms with Gasteiger partial charge in [0.2, 0.25) is 0 Å². The molecule has 0 aromatic carbocycles. The fraction of sp³-hybridized carbons (Fsp3) is 1.00. The predicted octanol–water partition coefficient (Wildman–Crippen LogP) is 0.368. The van der Waals surface area contributed by atoms with Gasteiger partial charge in [0.15, 0.2) is 0 Å². The molecule has 0 bridgehead atoms. The Hall–Kier alpha value is 0.0899. The minimum absolute atomic E-state index is 0.185. The molecule has 4 radical (unpaired) electrons. The van der Waals surface area contributed by atoms with Crippen molar-refractivity contribution >= 4 is 31.3 Å². The van der Waals surface area contributed by atoms with Gasteiger partial charge in [-0.1, -0.05) is 0 Å². The lowest BCUT2D eigenvalue weighted by atomic mass is 9.94. The molecule has 1 aliphatic heterocycles. The van der Waals surface area contributed by atoms with E-state index in [1.165, 1.54) is 14.0 Å². The number of alkyl halides is 2. The van der Waals surface area contributed by atoms with E-state index in [-0.39, 0.29) is 6.61 Å². The number of rotatable bonds is 14. The molecule has 1 saturated heterocycles. The highest BCUT2D eigenvalue weighted by atomic mass is 31.2. The van der Waals surface area contributed by atoms with Crippen molar-refractivity contribution in [1.82, 2.24) is 0 Å². The molecule has 0 amide bonds. The minimum atomic E-state index is -4.96. The van der Waals surface area contributed by atoms with Crippen LogP contribution in [0.4, 0.5) is 8.78 Å². The van der Waals surface area contributed by atoms with E-state index in [4.69, 9.17) is 39.0 Å². The van der Waals surface area contributed by atoms with Crippen LogP contribution < -0.4 is 0 Å². The zero-order valence-corrected chi connectivity index (χ0v) is 18.3. The zero-order valence-electron chi connectivity index (χ0n) is 16.5. The molecular weight excluding hydrogens is 454 g/mol. The molecule has 0 spiro atoms. The second-order valence-corrected chi connectivity index (χ2v) is 9.12. The summed E-state index contributed by atoms with van der Waals surface area (Å²) in [6, 6.07) is -2.46. The largest absolute Gasteiger partial charge is 0.472 e. The average molecular weight is 478 g/mol. The number of hydrogen-bond acceptors (Lipinski definition) is 9. The van der Waals surface area contributed by atoms with Crippen LogP contribution in [-0.4, -0.2) is 102 Å². The lowest BCUT2D eigenvalue weighted by Crippen LogP contribution is -2.39. The molecule has 2 N–H and O–H groups in total. The molecule has 17 heteroatoms. The van der Waals surface area contributed by atoms with Gasteiger partial charge >= 0.3 is 15.6 Å². The van der Waals surface area contributed by atoms with E-state index in [1.54, 1.807) is 0 Å². The Bertz CT molecular complexity index is 620. The van der Waals surface area contributed by atoms with E-state index < -0.39 is 71.5 Å². The number of methoxy groups -OCH3 is 1. The maximum atomic E-state index is 14.2. The van der Waals surface area contributed by atoms with Crippen LogP contribution in [0.25, 0.3) is 0 Å². The van der Waals surface area contributed by atoms with Gasteiger partial charge in [-0.3, -0.25) is 18.1 Å². The average Bonchev–Trinajstić information content (AvgIpc) is 2.90. The van der Waals surface area contributed by atoms with E-state index in [2.05, 4.69) is 9.05 Å². The molecule has 0 aromatic heterocycles. The molecule has 11 nitrogen and oxygen atoms in total. The van der Waals surface area contributed by atoms with E-state index in [9.17, 15) is 27.7 Å². The summed E-state index contributed by atoms with van der Waals surface area (Å²) in [5.74, 6) is 0. The van der Waals surface area contributed by atoms with Crippen molar-refractivity contribution in [3.63, 3.8) is 0 Å². The fourth-order valence-corrected chi connectivity index (χ4v) is 4.02. The summed E-state index contributed by atoms with van der Waals surface area (Å²) in [5.41, 5.74) is 0. The van der Waals surface area contributed by atoms with Gasteiger partial charge in [-0.05, 0) is 6.92 Å². The standard InChI is InChI=1S/C13H24B2F2O11P2/c1-7(14)25-9(8(4-16)27-29(18,19)23-3)6-24-30(20,21)28-12-10(5-22-2)26-13(15)11(12)17/h7-13H,4-6H2,1-3H3,(H,18,19)(H,20,21)/t7-,8?,9?,10?,11?,12+,13-/m1/s1. The van der Waals surface area contributed by atoms with Crippen LogP contribution in [0.15, 0.2) is 0 Å². The molecule has 1 rings (SSSR count). The molecule has 172 valence electrons. The summed E-state index contributed by atoms with van der Waals surface area (Å²) in [6.45, 7) is -1.08. The fourth-order valence-electron chi connectivity index (χ4n) is 2.44. The first kappa shape index (κ1) is 28.1. The van der Waals surface area contributed by atoms with E-state index in [1.807, 2.05) is 0 Å². The van der Waals surface area contributed by atoms with Gasteiger partial charge in [0.25, 0.3) is 0 Å². The topological polar surface area (TPSA) is 139 Å². The lowest BCUT2D eigenvalue weighted by Gasteiger charge is -2.29. The summed E-state index contributed by atoms with van der Waals surface area (Å²) < 4.78 is 84.7. The second kappa shape index (κ2) is 12.4. The first-order valence-corrected chi connectivity index (χ1v) is 11.6. The highest BCUT2D eigenvalue weighted by molar-refractivity contribution is 7.47.